The Morgan fingerprint density at radius 3 is 2.76 bits per heavy atom. The van der Waals surface area contributed by atoms with E-state index in [-0.39, 0.29) is 5.97 Å². The summed E-state index contributed by atoms with van der Waals surface area (Å²) in [4.78, 5) is 11.6. The Hall–Kier alpha value is -2.31. The molecule has 25 heavy (non-hydrogen) atoms. The van der Waals surface area contributed by atoms with Gasteiger partial charge in [0.2, 0.25) is 0 Å². The Morgan fingerprint density at radius 2 is 2.00 bits per heavy atom. The molecule has 1 aromatic heterocycles. The Balaban J connectivity index is 1.77. The molecule has 0 bridgehead atoms. The zero-order valence-electron chi connectivity index (χ0n) is 13.8. The van der Waals surface area contributed by atoms with Crippen molar-refractivity contribution in [2.45, 2.75) is 10.9 Å². The number of esters is 1. The third-order valence-electron chi connectivity index (χ3n) is 3.67. The fourth-order valence-electron chi connectivity index (χ4n) is 2.37. The molecule has 0 saturated carbocycles. The minimum absolute atomic E-state index is 0.341. The number of ether oxygens (including phenoxy) is 1. The van der Waals surface area contributed by atoms with Crippen LogP contribution >= 0.6 is 23.4 Å². The molecule has 7 heteroatoms. The Bertz CT molecular complexity index is 911. The highest BCUT2D eigenvalue weighted by Gasteiger charge is 2.14. The zero-order valence-corrected chi connectivity index (χ0v) is 15.3. The summed E-state index contributed by atoms with van der Waals surface area (Å²) in [6, 6.07) is 14.9. The van der Waals surface area contributed by atoms with Gasteiger partial charge in [-0.05, 0) is 29.8 Å². The molecule has 0 aliphatic carbocycles. The molecular formula is C18H16ClN3O2S. The predicted octanol–water partition coefficient (Wildman–Crippen LogP) is 4.21. The van der Waals surface area contributed by atoms with Gasteiger partial charge >= 0.3 is 5.97 Å². The van der Waals surface area contributed by atoms with Gasteiger partial charge in [-0.15, -0.1) is 10.2 Å². The molecule has 0 fully saturated rings. The molecule has 0 saturated heterocycles. The van der Waals surface area contributed by atoms with E-state index in [1.807, 2.05) is 54.1 Å². The number of halogens is 1. The van der Waals surface area contributed by atoms with Gasteiger partial charge in [0.05, 0.1) is 17.7 Å². The van der Waals surface area contributed by atoms with Gasteiger partial charge in [-0.2, -0.15) is 0 Å². The molecule has 2 aromatic carbocycles. The van der Waals surface area contributed by atoms with Gasteiger partial charge in [0, 0.05) is 18.4 Å². The lowest BCUT2D eigenvalue weighted by Gasteiger charge is -2.06. The van der Waals surface area contributed by atoms with Crippen LogP contribution in [-0.4, -0.2) is 27.8 Å². The van der Waals surface area contributed by atoms with E-state index in [9.17, 15) is 4.79 Å². The summed E-state index contributed by atoms with van der Waals surface area (Å²) in [5, 5.41) is 9.91. The van der Waals surface area contributed by atoms with E-state index in [2.05, 4.69) is 10.2 Å². The minimum Gasteiger partial charge on any atom is -0.465 e. The molecule has 0 radical (unpaired) electrons. The summed E-state index contributed by atoms with van der Waals surface area (Å²) in [5.41, 5.74) is 2.39. The van der Waals surface area contributed by atoms with Crippen molar-refractivity contribution in [2.24, 2.45) is 7.05 Å². The monoisotopic (exact) mass is 373 g/mol. The topological polar surface area (TPSA) is 57.0 Å². The Morgan fingerprint density at radius 1 is 1.20 bits per heavy atom. The number of methoxy groups -OCH3 is 1. The highest BCUT2D eigenvalue weighted by molar-refractivity contribution is 7.98. The normalized spacial score (nSPS) is 10.7. The van der Waals surface area contributed by atoms with Gasteiger partial charge in [0.25, 0.3) is 0 Å². The molecule has 0 unspecified atom stereocenters. The molecule has 0 amide bonds. The summed E-state index contributed by atoms with van der Waals surface area (Å²) in [5.74, 6) is 1.04. The molecular weight excluding hydrogens is 358 g/mol. The molecule has 0 spiro atoms. The number of carbonyl (C=O) groups excluding carboxylic acids is 1. The Kier molecular flexibility index (Phi) is 5.40. The van der Waals surface area contributed by atoms with Gasteiger partial charge in [-0.25, -0.2) is 4.79 Å². The first-order chi connectivity index (χ1) is 12.1. The first kappa shape index (κ1) is 17.5. The van der Waals surface area contributed by atoms with Crippen LogP contribution < -0.4 is 0 Å². The Labute approximate surface area is 155 Å². The van der Waals surface area contributed by atoms with E-state index in [1.54, 1.807) is 17.8 Å². The highest BCUT2D eigenvalue weighted by Crippen LogP contribution is 2.29. The van der Waals surface area contributed by atoms with Crippen molar-refractivity contribution in [3.63, 3.8) is 0 Å². The zero-order chi connectivity index (χ0) is 17.8. The van der Waals surface area contributed by atoms with Crippen LogP contribution in [0.4, 0.5) is 0 Å². The summed E-state index contributed by atoms with van der Waals surface area (Å²) >= 11 is 7.79. The number of carbonyl (C=O) groups is 1. The number of hydrogen-bond acceptors (Lipinski definition) is 5. The van der Waals surface area contributed by atoms with Crippen LogP contribution in [0.25, 0.3) is 11.4 Å². The second-order valence-electron chi connectivity index (χ2n) is 5.33. The standard InChI is InChI=1S/C18H16ClN3O2S/c1-22-16(14-8-3-4-9-15(14)19)20-21-18(22)25-11-12-6-5-7-13(10-12)17(23)24-2/h3-10H,11H2,1-2H3. The van der Waals surface area contributed by atoms with Crippen LogP contribution in [0.5, 0.6) is 0 Å². The van der Waals surface area contributed by atoms with Crippen LogP contribution in [0.1, 0.15) is 15.9 Å². The lowest BCUT2D eigenvalue weighted by molar-refractivity contribution is 0.0600. The van der Waals surface area contributed by atoms with E-state index in [0.717, 1.165) is 22.1 Å². The third-order valence-corrected chi connectivity index (χ3v) is 5.09. The average molecular weight is 374 g/mol. The SMILES string of the molecule is COC(=O)c1cccc(CSc2nnc(-c3ccccc3Cl)n2C)c1. The van der Waals surface area contributed by atoms with Crippen LogP contribution in [0.3, 0.4) is 0 Å². The van der Waals surface area contributed by atoms with Crippen molar-refractivity contribution in [2.75, 3.05) is 7.11 Å². The third kappa shape index (κ3) is 3.86. The van der Waals surface area contributed by atoms with Gasteiger partial charge < -0.3 is 9.30 Å². The smallest absolute Gasteiger partial charge is 0.337 e. The lowest BCUT2D eigenvalue weighted by atomic mass is 10.1. The summed E-state index contributed by atoms with van der Waals surface area (Å²) in [6.45, 7) is 0. The van der Waals surface area contributed by atoms with E-state index >= 15 is 0 Å². The van der Waals surface area contributed by atoms with Crippen molar-refractivity contribution >= 4 is 29.3 Å². The maximum atomic E-state index is 11.6. The van der Waals surface area contributed by atoms with Gasteiger partial charge in [-0.1, -0.05) is 47.6 Å². The maximum Gasteiger partial charge on any atom is 0.337 e. The number of benzene rings is 2. The number of hydrogen-bond donors (Lipinski definition) is 0. The number of rotatable bonds is 5. The quantitative estimate of drug-likeness (QED) is 0.495. The van der Waals surface area contributed by atoms with E-state index in [1.165, 1.54) is 7.11 Å². The molecule has 3 aromatic rings. The molecule has 1 heterocycles. The first-order valence-corrected chi connectivity index (χ1v) is 8.91. The number of thioether (sulfide) groups is 1. The average Bonchev–Trinajstić information content (AvgIpc) is 3.00. The van der Waals surface area contributed by atoms with Gasteiger partial charge in [0.1, 0.15) is 0 Å². The fraction of sp³-hybridized carbons (Fsp3) is 0.167. The summed E-state index contributed by atoms with van der Waals surface area (Å²) in [6.07, 6.45) is 0. The van der Waals surface area contributed by atoms with E-state index < -0.39 is 0 Å². The molecule has 0 N–H and O–H groups in total. The van der Waals surface area contributed by atoms with Gasteiger partial charge in [0.15, 0.2) is 11.0 Å². The van der Waals surface area contributed by atoms with Crippen molar-refractivity contribution in [1.82, 2.24) is 14.8 Å². The number of aromatic nitrogens is 3. The summed E-state index contributed by atoms with van der Waals surface area (Å²) < 4.78 is 6.66. The maximum absolute atomic E-state index is 11.6. The van der Waals surface area contributed by atoms with Crippen LogP contribution in [0.2, 0.25) is 5.02 Å². The fourth-order valence-corrected chi connectivity index (χ4v) is 3.45. The molecule has 3 rings (SSSR count). The first-order valence-electron chi connectivity index (χ1n) is 7.54. The van der Waals surface area contributed by atoms with Crippen LogP contribution in [0.15, 0.2) is 53.7 Å². The second-order valence-corrected chi connectivity index (χ2v) is 6.68. The van der Waals surface area contributed by atoms with Crippen molar-refractivity contribution < 1.29 is 9.53 Å². The minimum atomic E-state index is -0.341. The number of nitrogens with zero attached hydrogens (tertiary/aromatic N) is 3. The molecule has 5 nitrogen and oxygen atoms in total. The van der Waals surface area contributed by atoms with Crippen molar-refractivity contribution in [3.05, 3.63) is 64.7 Å². The second kappa shape index (κ2) is 7.72. The highest BCUT2D eigenvalue weighted by atomic mass is 35.5. The van der Waals surface area contributed by atoms with Gasteiger partial charge in [-0.3, -0.25) is 0 Å². The molecule has 0 aliphatic heterocycles. The molecule has 128 valence electrons. The van der Waals surface area contributed by atoms with E-state index in [0.29, 0.717) is 16.3 Å². The van der Waals surface area contributed by atoms with Crippen molar-refractivity contribution in [1.29, 1.82) is 0 Å². The largest absolute Gasteiger partial charge is 0.465 e. The predicted molar refractivity (Wildman–Crippen MR) is 98.8 cm³/mol. The molecule has 0 aliphatic rings. The van der Waals surface area contributed by atoms with Crippen LogP contribution in [0, 0.1) is 0 Å². The van der Waals surface area contributed by atoms with Crippen LogP contribution in [-0.2, 0) is 17.5 Å². The summed E-state index contributed by atoms with van der Waals surface area (Å²) in [7, 11) is 3.28. The lowest BCUT2D eigenvalue weighted by Crippen LogP contribution is -2.01. The molecule has 0 atom stereocenters. The van der Waals surface area contributed by atoms with Crippen molar-refractivity contribution in [3.8, 4) is 11.4 Å². The van der Waals surface area contributed by atoms with E-state index in [4.69, 9.17) is 16.3 Å².